The molecule has 180 valence electrons. The van der Waals surface area contributed by atoms with E-state index >= 15 is 0 Å². The number of nitrogens with zero attached hydrogens (tertiary/aromatic N) is 5. The molecule has 3 N–H and O–H groups in total. The van der Waals surface area contributed by atoms with Crippen LogP contribution in [0.15, 0.2) is 77.3 Å². The Kier molecular flexibility index (Phi) is 6.21. The van der Waals surface area contributed by atoms with Gasteiger partial charge in [-0.05, 0) is 53.7 Å². The summed E-state index contributed by atoms with van der Waals surface area (Å²) in [6.07, 6.45) is 0. The van der Waals surface area contributed by atoms with Crippen LogP contribution in [0.3, 0.4) is 0 Å². The van der Waals surface area contributed by atoms with Crippen molar-refractivity contribution >= 4 is 55.8 Å². The molecule has 0 saturated heterocycles. The van der Waals surface area contributed by atoms with E-state index in [1.807, 2.05) is 60.7 Å². The maximum atomic E-state index is 13.2. The maximum Gasteiger partial charge on any atom is 0.326 e. The van der Waals surface area contributed by atoms with Crippen LogP contribution >= 0.6 is 15.9 Å². The molecular weight excluding hydrogens is 524 g/mol. The van der Waals surface area contributed by atoms with Crippen LogP contribution in [0, 0.1) is 0 Å². The molecule has 36 heavy (non-hydrogen) atoms. The van der Waals surface area contributed by atoms with Gasteiger partial charge >= 0.3 is 6.03 Å². The molecule has 0 aliphatic carbocycles. The van der Waals surface area contributed by atoms with Crippen molar-refractivity contribution < 1.29 is 9.59 Å². The molecule has 0 saturated carbocycles. The van der Waals surface area contributed by atoms with Crippen molar-refractivity contribution in [2.45, 2.75) is 0 Å². The standard InChI is InChI=1S/C25H21BrN8O2/c1-33(18-6-4-3-5-7-18)25(36)27-17-10-8-15-12-22(34(2)21(15)14-17)24(35)28-20-11-9-16(26)13-19(20)23-29-31-32-30-23/h3-14H,1-2H3,(H,27,36)(H,28,35)(H,29,30,31,32). The summed E-state index contributed by atoms with van der Waals surface area (Å²) in [6.45, 7) is 0. The highest BCUT2D eigenvalue weighted by atomic mass is 79.9. The molecule has 5 aromatic rings. The molecule has 0 radical (unpaired) electrons. The van der Waals surface area contributed by atoms with Crippen molar-refractivity contribution in [3.05, 3.63) is 83.0 Å². The number of aromatic nitrogens is 5. The summed E-state index contributed by atoms with van der Waals surface area (Å²) >= 11 is 3.44. The first-order chi connectivity index (χ1) is 17.4. The third kappa shape index (κ3) is 4.56. The fraction of sp³-hybridized carbons (Fsp3) is 0.0800. The van der Waals surface area contributed by atoms with Gasteiger partial charge in [-0.3, -0.25) is 9.69 Å². The number of nitrogens with one attached hydrogen (secondary N) is 3. The van der Waals surface area contributed by atoms with Gasteiger partial charge in [0.25, 0.3) is 5.91 Å². The lowest BCUT2D eigenvalue weighted by atomic mass is 10.1. The second-order valence-electron chi connectivity index (χ2n) is 8.07. The zero-order chi connectivity index (χ0) is 25.2. The van der Waals surface area contributed by atoms with E-state index < -0.39 is 0 Å². The molecule has 0 aliphatic rings. The van der Waals surface area contributed by atoms with Gasteiger partial charge in [-0.2, -0.15) is 5.21 Å². The first-order valence-corrected chi connectivity index (χ1v) is 11.7. The van der Waals surface area contributed by atoms with Crippen LogP contribution in [0.25, 0.3) is 22.3 Å². The number of aryl methyl sites for hydroxylation is 1. The number of tetrazole rings is 1. The summed E-state index contributed by atoms with van der Waals surface area (Å²) in [5, 5.41) is 20.8. The van der Waals surface area contributed by atoms with Crippen molar-refractivity contribution in [2.75, 3.05) is 22.6 Å². The molecule has 0 unspecified atom stereocenters. The number of urea groups is 1. The monoisotopic (exact) mass is 544 g/mol. The average Bonchev–Trinajstić information content (AvgIpc) is 3.54. The lowest BCUT2D eigenvalue weighted by Crippen LogP contribution is -2.31. The molecule has 11 heteroatoms. The predicted molar refractivity (Wildman–Crippen MR) is 142 cm³/mol. The van der Waals surface area contributed by atoms with Gasteiger partial charge in [-0.1, -0.05) is 40.2 Å². The molecule has 3 amide bonds. The second-order valence-corrected chi connectivity index (χ2v) is 8.98. The Balaban J connectivity index is 1.39. The highest BCUT2D eigenvalue weighted by molar-refractivity contribution is 9.10. The Hall–Kier alpha value is -4.51. The number of anilines is 3. The van der Waals surface area contributed by atoms with Gasteiger partial charge in [0, 0.05) is 40.9 Å². The topological polar surface area (TPSA) is 121 Å². The molecule has 2 heterocycles. The van der Waals surface area contributed by atoms with Crippen molar-refractivity contribution in [2.24, 2.45) is 7.05 Å². The molecule has 0 atom stereocenters. The summed E-state index contributed by atoms with van der Waals surface area (Å²) in [4.78, 5) is 27.5. The van der Waals surface area contributed by atoms with Crippen LogP contribution in [0.1, 0.15) is 10.5 Å². The van der Waals surface area contributed by atoms with E-state index in [2.05, 4.69) is 47.2 Å². The van der Waals surface area contributed by atoms with Gasteiger partial charge in [0.2, 0.25) is 5.82 Å². The summed E-state index contributed by atoms with van der Waals surface area (Å²) in [6, 6.07) is 21.8. The summed E-state index contributed by atoms with van der Waals surface area (Å²) in [7, 11) is 3.51. The lowest BCUT2D eigenvalue weighted by Gasteiger charge is -2.18. The minimum atomic E-state index is -0.296. The molecule has 3 aromatic carbocycles. The highest BCUT2D eigenvalue weighted by Crippen LogP contribution is 2.30. The number of para-hydroxylation sites is 1. The van der Waals surface area contributed by atoms with Gasteiger partial charge in [0.05, 0.1) is 11.2 Å². The smallest absolute Gasteiger partial charge is 0.326 e. The van der Waals surface area contributed by atoms with E-state index in [9.17, 15) is 9.59 Å². The number of rotatable bonds is 5. The van der Waals surface area contributed by atoms with Gasteiger partial charge in [0.15, 0.2) is 0 Å². The van der Waals surface area contributed by atoms with Crippen molar-refractivity contribution in [1.82, 2.24) is 25.2 Å². The quantitative estimate of drug-likeness (QED) is 0.286. The molecular formula is C25H21BrN8O2. The van der Waals surface area contributed by atoms with Crippen LogP contribution in [0.5, 0.6) is 0 Å². The zero-order valence-electron chi connectivity index (χ0n) is 19.4. The Morgan fingerprint density at radius 2 is 1.81 bits per heavy atom. The van der Waals surface area contributed by atoms with Crippen molar-refractivity contribution in [3.63, 3.8) is 0 Å². The van der Waals surface area contributed by atoms with E-state index in [1.54, 1.807) is 30.8 Å². The fourth-order valence-electron chi connectivity index (χ4n) is 3.87. The van der Waals surface area contributed by atoms with E-state index in [1.165, 1.54) is 4.90 Å². The molecule has 0 aliphatic heterocycles. The number of carbonyl (C=O) groups excluding carboxylic acids is 2. The van der Waals surface area contributed by atoms with Crippen LogP contribution in [0.4, 0.5) is 21.9 Å². The maximum absolute atomic E-state index is 13.2. The predicted octanol–water partition coefficient (Wildman–Crippen LogP) is 5.04. The third-order valence-corrected chi connectivity index (χ3v) is 6.29. The minimum absolute atomic E-state index is 0.267. The highest BCUT2D eigenvalue weighted by Gasteiger charge is 2.18. The number of hydrogen-bond acceptors (Lipinski definition) is 5. The average molecular weight is 545 g/mol. The van der Waals surface area contributed by atoms with Gasteiger partial charge in [-0.15, -0.1) is 10.2 Å². The number of carbonyl (C=O) groups is 2. The van der Waals surface area contributed by atoms with Crippen LogP contribution in [-0.2, 0) is 7.05 Å². The van der Waals surface area contributed by atoms with E-state index in [0.29, 0.717) is 28.5 Å². The Morgan fingerprint density at radius 1 is 1.00 bits per heavy atom. The van der Waals surface area contributed by atoms with E-state index in [4.69, 9.17) is 0 Å². The number of H-pyrrole nitrogens is 1. The molecule has 0 fully saturated rings. The number of amides is 3. The Labute approximate surface area is 214 Å². The van der Waals surface area contributed by atoms with Crippen molar-refractivity contribution in [3.8, 4) is 11.4 Å². The van der Waals surface area contributed by atoms with Crippen molar-refractivity contribution in [1.29, 1.82) is 0 Å². The molecule has 10 nitrogen and oxygen atoms in total. The SMILES string of the molecule is CN(C(=O)Nc1ccc2cc(C(=O)Nc3ccc(Br)cc3-c3nn[nH]n3)n(C)c2c1)c1ccccc1. The largest absolute Gasteiger partial charge is 0.340 e. The molecule has 0 bridgehead atoms. The van der Waals surface area contributed by atoms with E-state index in [-0.39, 0.29) is 11.9 Å². The van der Waals surface area contributed by atoms with Gasteiger partial charge in [-0.25, -0.2) is 4.79 Å². The summed E-state index contributed by atoms with van der Waals surface area (Å²) < 4.78 is 2.60. The Bertz CT molecular complexity index is 1560. The van der Waals surface area contributed by atoms with Gasteiger partial charge in [0.1, 0.15) is 5.69 Å². The number of benzene rings is 3. The summed E-state index contributed by atoms with van der Waals surface area (Å²) in [5.41, 5.74) is 3.83. The number of aromatic amines is 1. The first-order valence-electron chi connectivity index (χ1n) is 10.9. The molecule has 2 aromatic heterocycles. The first kappa shape index (κ1) is 23.2. The second kappa shape index (κ2) is 9.62. The lowest BCUT2D eigenvalue weighted by molar-refractivity contribution is 0.101. The van der Waals surface area contributed by atoms with Gasteiger partial charge < -0.3 is 15.2 Å². The third-order valence-electron chi connectivity index (χ3n) is 5.79. The normalized spacial score (nSPS) is 10.9. The van der Waals surface area contributed by atoms with Crippen LogP contribution in [-0.4, -0.2) is 44.2 Å². The summed E-state index contributed by atoms with van der Waals surface area (Å²) in [5.74, 6) is 0.0691. The van der Waals surface area contributed by atoms with Crippen LogP contribution in [0.2, 0.25) is 0 Å². The molecule has 5 rings (SSSR count). The fourth-order valence-corrected chi connectivity index (χ4v) is 4.24. The van der Waals surface area contributed by atoms with E-state index in [0.717, 1.165) is 21.1 Å². The van der Waals surface area contributed by atoms with Crippen LogP contribution < -0.4 is 15.5 Å². The minimum Gasteiger partial charge on any atom is -0.340 e. The number of fused-ring (bicyclic) bond motifs is 1. The number of hydrogen-bond donors (Lipinski definition) is 3. The Morgan fingerprint density at radius 3 is 2.56 bits per heavy atom. The zero-order valence-corrected chi connectivity index (χ0v) is 20.9. The molecule has 0 spiro atoms. The number of halogens is 1.